The topological polar surface area (TPSA) is 23.6 Å². The van der Waals surface area contributed by atoms with Gasteiger partial charge in [-0.25, -0.2) is 0 Å². The first-order valence-electron chi connectivity index (χ1n) is 8.33. The van der Waals surface area contributed by atoms with Gasteiger partial charge in [-0.3, -0.25) is 9.69 Å². The summed E-state index contributed by atoms with van der Waals surface area (Å²) in [5.74, 6) is 0. The van der Waals surface area contributed by atoms with Gasteiger partial charge in [0.25, 0.3) is 0 Å². The van der Waals surface area contributed by atoms with Gasteiger partial charge in [0, 0.05) is 43.5 Å². The number of anilines is 1. The third kappa shape index (κ3) is 3.29. The van der Waals surface area contributed by atoms with Gasteiger partial charge in [0.05, 0.1) is 0 Å². The summed E-state index contributed by atoms with van der Waals surface area (Å²) in [5, 5.41) is 0. The van der Waals surface area contributed by atoms with E-state index in [9.17, 15) is 4.79 Å². The first-order valence-corrected chi connectivity index (χ1v) is 8.33. The van der Waals surface area contributed by atoms with E-state index in [-0.39, 0.29) is 0 Å². The predicted octanol–water partition coefficient (Wildman–Crippen LogP) is 3.26. The van der Waals surface area contributed by atoms with Crippen LogP contribution < -0.4 is 4.90 Å². The molecule has 1 heterocycles. The Hall–Kier alpha value is -1.35. The maximum atomic E-state index is 10.9. The average molecular weight is 286 g/mol. The van der Waals surface area contributed by atoms with Crippen molar-refractivity contribution < 1.29 is 4.79 Å². The molecule has 0 N–H and O–H groups in total. The Labute approximate surface area is 127 Å². The second kappa shape index (κ2) is 6.61. The molecule has 0 bridgehead atoms. The number of hydrogen-bond donors (Lipinski definition) is 0. The molecule has 1 saturated heterocycles. The third-order valence-electron chi connectivity index (χ3n) is 5.15. The zero-order valence-corrected chi connectivity index (χ0v) is 13.1. The fourth-order valence-corrected chi connectivity index (χ4v) is 3.78. The lowest BCUT2D eigenvalue weighted by molar-refractivity contribution is 0.112. The second-order valence-electron chi connectivity index (χ2n) is 6.47. The molecule has 114 valence electrons. The van der Waals surface area contributed by atoms with Gasteiger partial charge in [0.2, 0.25) is 0 Å². The van der Waals surface area contributed by atoms with Gasteiger partial charge in [-0.2, -0.15) is 0 Å². The molecule has 3 rings (SSSR count). The number of piperazine rings is 1. The lowest BCUT2D eigenvalue weighted by Crippen LogP contribution is -2.50. The highest BCUT2D eigenvalue weighted by molar-refractivity contribution is 5.78. The minimum atomic E-state index is 0.805. The van der Waals surface area contributed by atoms with E-state index in [0.29, 0.717) is 0 Å². The van der Waals surface area contributed by atoms with Crippen LogP contribution in [0.3, 0.4) is 0 Å². The largest absolute Gasteiger partial charge is 0.369 e. The number of rotatable bonds is 3. The monoisotopic (exact) mass is 286 g/mol. The van der Waals surface area contributed by atoms with Crippen LogP contribution in [0.2, 0.25) is 0 Å². The summed E-state index contributed by atoms with van der Waals surface area (Å²) in [6.45, 7) is 6.59. The van der Waals surface area contributed by atoms with Crippen molar-refractivity contribution in [3.05, 3.63) is 29.3 Å². The first kappa shape index (κ1) is 14.6. The van der Waals surface area contributed by atoms with E-state index in [4.69, 9.17) is 0 Å². The molecule has 3 heteroatoms. The highest BCUT2D eigenvalue weighted by Gasteiger charge is 2.25. The van der Waals surface area contributed by atoms with E-state index in [1.807, 2.05) is 13.0 Å². The molecule has 0 amide bonds. The summed E-state index contributed by atoms with van der Waals surface area (Å²) < 4.78 is 0. The first-order chi connectivity index (χ1) is 10.3. The van der Waals surface area contributed by atoms with Gasteiger partial charge in [0.1, 0.15) is 6.29 Å². The van der Waals surface area contributed by atoms with E-state index >= 15 is 0 Å². The highest BCUT2D eigenvalue weighted by Crippen LogP contribution is 2.25. The maximum absolute atomic E-state index is 10.9. The van der Waals surface area contributed by atoms with Crippen molar-refractivity contribution in [1.82, 2.24) is 4.90 Å². The summed E-state index contributed by atoms with van der Waals surface area (Å²) in [4.78, 5) is 16.1. The smallest absolute Gasteiger partial charge is 0.150 e. The molecule has 1 aliphatic carbocycles. The van der Waals surface area contributed by atoms with Gasteiger partial charge in [0.15, 0.2) is 0 Å². The molecule has 0 aromatic heterocycles. The van der Waals surface area contributed by atoms with Crippen LogP contribution in [0.4, 0.5) is 5.69 Å². The maximum Gasteiger partial charge on any atom is 0.150 e. The molecule has 2 fully saturated rings. The molecule has 0 radical (unpaired) electrons. The summed E-state index contributed by atoms with van der Waals surface area (Å²) in [6.07, 6.45) is 7.99. The van der Waals surface area contributed by atoms with Crippen LogP contribution in [-0.4, -0.2) is 43.4 Å². The molecular weight excluding hydrogens is 260 g/mol. The molecule has 2 aliphatic rings. The predicted molar refractivity (Wildman–Crippen MR) is 87.2 cm³/mol. The molecule has 1 aromatic rings. The van der Waals surface area contributed by atoms with Crippen LogP contribution in [0.15, 0.2) is 18.2 Å². The summed E-state index contributed by atoms with van der Waals surface area (Å²) >= 11 is 0. The number of carbonyl (C=O) groups excluding carboxylic acids is 1. The number of benzene rings is 1. The normalized spacial score (nSPS) is 21.5. The zero-order valence-electron chi connectivity index (χ0n) is 13.1. The fraction of sp³-hybridized carbons (Fsp3) is 0.611. The minimum absolute atomic E-state index is 0.805. The number of hydrogen-bond acceptors (Lipinski definition) is 3. The van der Waals surface area contributed by atoms with E-state index in [1.165, 1.54) is 50.9 Å². The van der Waals surface area contributed by atoms with Crippen LogP contribution in [0.5, 0.6) is 0 Å². The fourth-order valence-electron chi connectivity index (χ4n) is 3.78. The van der Waals surface area contributed by atoms with Crippen molar-refractivity contribution in [3.63, 3.8) is 0 Å². The van der Waals surface area contributed by atoms with Gasteiger partial charge in [-0.15, -0.1) is 0 Å². The summed E-state index contributed by atoms with van der Waals surface area (Å²) in [5.41, 5.74) is 3.15. The molecule has 3 nitrogen and oxygen atoms in total. The van der Waals surface area contributed by atoms with E-state index < -0.39 is 0 Å². The summed E-state index contributed by atoms with van der Waals surface area (Å²) in [6, 6.07) is 7.03. The van der Waals surface area contributed by atoms with E-state index in [0.717, 1.165) is 36.5 Å². The molecule has 0 spiro atoms. The molecule has 0 unspecified atom stereocenters. The minimum Gasteiger partial charge on any atom is -0.369 e. The number of aldehydes is 1. The van der Waals surface area contributed by atoms with Crippen LogP contribution >= 0.6 is 0 Å². The van der Waals surface area contributed by atoms with Crippen LogP contribution in [-0.2, 0) is 0 Å². The van der Waals surface area contributed by atoms with Gasteiger partial charge < -0.3 is 4.90 Å². The molecular formula is C18H26N2O. The van der Waals surface area contributed by atoms with E-state index in [1.54, 1.807) is 0 Å². The Morgan fingerprint density at radius 2 is 1.76 bits per heavy atom. The van der Waals surface area contributed by atoms with Gasteiger partial charge >= 0.3 is 0 Å². The lowest BCUT2D eigenvalue weighted by Gasteiger charge is -2.41. The van der Waals surface area contributed by atoms with Crippen molar-refractivity contribution in [1.29, 1.82) is 0 Å². The van der Waals surface area contributed by atoms with Crippen molar-refractivity contribution in [2.24, 2.45) is 0 Å². The lowest BCUT2D eigenvalue weighted by atomic mass is 9.94. The van der Waals surface area contributed by atoms with Crippen LogP contribution in [0, 0.1) is 6.92 Å². The number of aryl methyl sites for hydroxylation is 1. The van der Waals surface area contributed by atoms with Crippen molar-refractivity contribution in [3.8, 4) is 0 Å². The van der Waals surface area contributed by atoms with Crippen molar-refractivity contribution >= 4 is 12.0 Å². The summed E-state index contributed by atoms with van der Waals surface area (Å²) in [7, 11) is 0. The molecule has 1 saturated carbocycles. The van der Waals surface area contributed by atoms with Gasteiger partial charge in [-0.05, 0) is 43.5 Å². The molecule has 1 aliphatic heterocycles. The Balaban J connectivity index is 1.60. The zero-order chi connectivity index (χ0) is 14.7. The molecule has 1 aromatic carbocycles. The number of nitrogens with zero attached hydrogens (tertiary/aromatic N) is 2. The second-order valence-corrected chi connectivity index (χ2v) is 6.47. The van der Waals surface area contributed by atoms with E-state index in [2.05, 4.69) is 21.9 Å². The van der Waals surface area contributed by atoms with Crippen molar-refractivity contribution in [2.75, 3.05) is 31.1 Å². The Kier molecular flexibility index (Phi) is 4.59. The quantitative estimate of drug-likeness (QED) is 0.797. The highest BCUT2D eigenvalue weighted by atomic mass is 16.1. The Morgan fingerprint density at radius 1 is 1.05 bits per heavy atom. The Morgan fingerprint density at radius 3 is 2.38 bits per heavy atom. The average Bonchev–Trinajstić information content (AvgIpc) is 2.56. The third-order valence-corrected chi connectivity index (χ3v) is 5.15. The standard InChI is InChI=1S/C18H26N2O/c1-15-13-18(8-7-16(15)14-21)20-11-9-19(10-12-20)17-5-3-2-4-6-17/h7-8,13-14,17H,2-6,9-12H2,1H3. The van der Waals surface area contributed by atoms with Crippen LogP contribution in [0.25, 0.3) is 0 Å². The van der Waals surface area contributed by atoms with Crippen molar-refractivity contribution in [2.45, 2.75) is 45.1 Å². The Bertz CT molecular complexity index is 486. The number of carbonyl (C=O) groups is 1. The van der Waals surface area contributed by atoms with Gasteiger partial charge in [-0.1, -0.05) is 19.3 Å². The van der Waals surface area contributed by atoms with Crippen LogP contribution in [0.1, 0.15) is 48.0 Å². The molecule has 21 heavy (non-hydrogen) atoms. The SMILES string of the molecule is Cc1cc(N2CCN(C3CCCCC3)CC2)ccc1C=O. The molecule has 0 atom stereocenters.